The molecule has 0 saturated carbocycles. The Morgan fingerprint density at radius 3 is 2.70 bits per heavy atom. The highest BCUT2D eigenvalue weighted by molar-refractivity contribution is 9.10. The molecule has 3 aromatic carbocycles. The van der Waals surface area contributed by atoms with E-state index in [2.05, 4.69) is 26.2 Å². The topological polar surface area (TPSA) is 59.9 Å². The summed E-state index contributed by atoms with van der Waals surface area (Å²) in [7, 11) is 1.59. The molecule has 1 aliphatic heterocycles. The third-order valence-corrected chi connectivity index (χ3v) is 6.80. The van der Waals surface area contributed by atoms with Crippen LogP contribution in [0.3, 0.4) is 0 Å². The van der Waals surface area contributed by atoms with Crippen molar-refractivity contribution in [1.82, 2.24) is 5.32 Å². The first kappa shape index (κ1) is 23.4. The number of nitrogens with one attached hydrogen (secondary N) is 1. The van der Waals surface area contributed by atoms with Crippen LogP contribution < -0.4 is 14.8 Å². The molecule has 0 unspecified atom stereocenters. The molecule has 1 N–H and O–H groups in total. The van der Waals surface area contributed by atoms with Crippen molar-refractivity contribution in [3.05, 3.63) is 91.8 Å². The van der Waals surface area contributed by atoms with Gasteiger partial charge in [0.05, 0.1) is 22.2 Å². The minimum absolute atomic E-state index is 0.210. The second kappa shape index (κ2) is 10.5. The number of nitrogens with zero attached hydrogens (tertiary/aromatic N) is 1. The van der Waals surface area contributed by atoms with Crippen LogP contribution in [-0.2, 0) is 11.4 Å². The first-order valence-electron chi connectivity index (χ1n) is 10.0. The maximum atomic E-state index is 12.5. The number of benzene rings is 3. The molecular formula is C25H20BrClN2O3S. The van der Waals surface area contributed by atoms with Crippen molar-refractivity contribution in [2.75, 3.05) is 7.11 Å². The summed E-state index contributed by atoms with van der Waals surface area (Å²) in [6.07, 6.45) is 1.79. The van der Waals surface area contributed by atoms with Crippen LogP contribution in [0, 0.1) is 6.92 Å². The molecule has 0 radical (unpaired) electrons. The van der Waals surface area contributed by atoms with Crippen LogP contribution in [0.15, 0.2) is 75.0 Å². The number of amidine groups is 1. The number of rotatable bonds is 6. The molecule has 168 valence electrons. The number of hydrogen-bond acceptors (Lipinski definition) is 5. The lowest BCUT2D eigenvalue weighted by Gasteiger charge is -2.13. The average Bonchev–Trinajstić information content (AvgIpc) is 3.15. The van der Waals surface area contributed by atoms with Crippen molar-refractivity contribution >= 4 is 62.1 Å². The maximum absolute atomic E-state index is 12.5. The van der Waals surface area contributed by atoms with Gasteiger partial charge in [-0.2, -0.15) is 0 Å². The minimum Gasteiger partial charge on any atom is -0.493 e. The van der Waals surface area contributed by atoms with Gasteiger partial charge in [-0.1, -0.05) is 48.0 Å². The zero-order chi connectivity index (χ0) is 23.4. The van der Waals surface area contributed by atoms with E-state index in [1.807, 2.05) is 67.6 Å². The van der Waals surface area contributed by atoms with Crippen LogP contribution in [0.2, 0.25) is 5.02 Å². The molecule has 1 amide bonds. The first-order valence-corrected chi connectivity index (χ1v) is 12.0. The Morgan fingerprint density at radius 1 is 1.15 bits per heavy atom. The summed E-state index contributed by atoms with van der Waals surface area (Å²) in [5.41, 5.74) is 3.43. The van der Waals surface area contributed by atoms with Crippen LogP contribution in [0.5, 0.6) is 11.5 Å². The van der Waals surface area contributed by atoms with Crippen LogP contribution in [0.25, 0.3) is 6.08 Å². The lowest BCUT2D eigenvalue weighted by atomic mass is 10.2. The van der Waals surface area contributed by atoms with Crippen LogP contribution in [0.4, 0.5) is 5.69 Å². The molecule has 33 heavy (non-hydrogen) atoms. The summed E-state index contributed by atoms with van der Waals surface area (Å²) in [6.45, 7) is 2.31. The van der Waals surface area contributed by atoms with Crippen molar-refractivity contribution in [1.29, 1.82) is 0 Å². The summed E-state index contributed by atoms with van der Waals surface area (Å²) in [6, 6.07) is 19.1. The number of ether oxygens (including phenoxy) is 2. The number of halogens is 2. The molecule has 0 bridgehead atoms. The number of carbonyl (C=O) groups is 1. The van der Waals surface area contributed by atoms with Gasteiger partial charge >= 0.3 is 0 Å². The van der Waals surface area contributed by atoms with Gasteiger partial charge in [0.2, 0.25) is 0 Å². The third kappa shape index (κ3) is 5.61. The van der Waals surface area contributed by atoms with Gasteiger partial charge in [-0.3, -0.25) is 4.79 Å². The van der Waals surface area contributed by atoms with Gasteiger partial charge in [0.1, 0.15) is 6.61 Å². The number of amides is 1. The average molecular weight is 544 g/mol. The SMILES string of the molecule is COc1cc(/C=C2\SC(=Nc3cccc(Cl)c3C)NC2=O)cc(Br)c1OCc1ccccc1. The molecule has 1 saturated heterocycles. The fourth-order valence-corrected chi connectivity index (χ4v) is 4.73. The second-order valence-corrected chi connectivity index (χ2v) is 9.47. The number of methoxy groups -OCH3 is 1. The fraction of sp³-hybridized carbons (Fsp3) is 0.120. The van der Waals surface area contributed by atoms with Crippen molar-refractivity contribution in [2.24, 2.45) is 4.99 Å². The van der Waals surface area contributed by atoms with Gasteiger partial charge in [0.25, 0.3) is 5.91 Å². The Hall–Kier alpha value is -2.74. The lowest BCUT2D eigenvalue weighted by molar-refractivity contribution is -0.115. The van der Waals surface area contributed by atoms with Crippen molar-refractivity contribution in [3.8, 4) is 11.5 Å². The summed E-state index contributed by atoms with van der Waals surface area (Å²) in [5, 5.41) is 3.95. The van der Waals surface area contributed by atoms with Crippen molar-refractivity contribution in [3.63, 3.8) is 0 Å². The van der Waals surface area contributed by atoms with E-state index in [-0.39, 0.29) is 5.91 Å². The van der Waals surface area contributed by atoms with Gasteiger partial charge in [0.15, 0.2) is 16.7 Å². The molecule has 1 aliphatic rings. The number of aliphatic imine (C=N–C) groups is 1. The quantitative estimate of drug-likeness (QED) is 0.344. The van der Waals surface area contributed by atoms with E-state index < -0.39 is 0 Å². The zero-order valence-corrected chi connectivity index (χ0v) is 21.1. The number of thioether (sulfide) groups is 1. The Labute approximate surface area is 210 Å². The molecule has 3 aromatic rings. The van der Waals surface area contributed by atoms with Crippen LogP contribution in [-0.4, -0.2) is 18.2 Å². The van der Waals surface area contributed by atoms with Gasteiger partial charge in [-0.25, -0.2) is 4.99 Å². The molecule has 0 aliphatic carbocycles. The summed E-state index contributed by atoms with van der Waals surface area (Å²) in [4.78, 5) is 17.6. The largest absolute Gasteiger partial charge is 0.493 e. The van der Waals surface area contributed by atoms with Gasteiger partial charge < -0.3 is 14.8 Å². The monoisotopic (exact) mass is 542 g/mol. The Balaban J connectivity index is 1.56. The number of carbonyl (C=O) groups excluding carboxylic acids is 1. The van der Waals surface area contributed by atoms with E-state index in [1.165, 1.54) is 11.8 Å². The molecule has 1 heterocycles. The smallest absolute Gasteiger partial charge is 0.264 e. The van der Waals surface area contributed by atoms with Gasteiger partial charge in [0, 0.05) is 5.02 Å². The molecule has 1 fully saturated rings. The maximum Gasteiger partial charge on any atom is 0.264 e. The Morgan fingerprint density at radius 2 is 1.94 bits per heavy atom. The van der Waals surface area contributed by atoms with Gasteiger partial charge in [-0.15, -0.1) is 0 Å². The predicted octanol–water partition coefficient (Wildman–Crippen LogP) is 6.89. The Kier molecular flexibility index (Phi) is 7.42. The summed E-state index contributed by atoms with van der Waals surface area (Å²) < 4.78 is 12.3. The highest BCUT2D eigenvalue weighted by Crippen LogP contribution is 2.39. The van der Waals surface area contributed by atoms with E-state index in [0.717, 1.165) is 26.9 Å². The third-order valence-electron chi connectivity index (χ3n) is 4.89. The van der Waals surface area contributed by atoms with E-state index in [4.69, 9.17) is 21.1 Å². The summed E-state index contributed by atoms with van der Waals surface area (Å²) >= 11 is 11.0. The molecule has 0 atom stereocenters. The predicted molar refractivity (Wildman–Crippen MR) is 138 cm³/mol. The standard InChI is InChI=1S/C25H20BrClN2O3S/c1-15-19(27)9-6-10-20(15)28-25-29-24(30)22(33-25)13-17-11-18(26)23(21(12-17)31-2)32-14-16-7-4-3-5-8-16/h3-13H,14H2,1-2H3,(H,28,29,30)/b22-13-. The second-order valence-electron chi connectivity index (χ2n) is 7.17. The van der Waals surface area contributed by atoms with Crippen molar-refractivity contribution < 1.29 is 14.3 Å². The van der Waals surface area contributed by atoms with E-state index >= 15 is 0 Å². The molecule has 0 spiro atoms. The molecule has 4 rings (SSSR count). The van der Waals surface area contributed by atoms with Crippen LogP contribution in [0.1, 0.15) is 16.7 Å². The minimum atomic E-state index is -0.210. The van der Waals surface area contributed by atoms with E-state index in [0.29, 0.717) is 33.2 Å². The van der Waals surface area contributed by atoms with Gasteiger partial charge in [-0.05, 0) is 81.6 Å². The lowest BCUT2D eigenvalue weighted by Crippen LogP contribution is -2.19. The van der Waals surface area contributed by atoms with E-state index in [9.17, 15) is 4.79 Å². The first-order chi connectivity index (χ1) is 15.9. The highest BCUT2D eigenvalue weighted by Gasteiger charge is 2.24. The normalized spacial score (nSPS) is 15.7. The zero-order valence-electron chi connectivity index (χ0n) is 17.9. The molecule has 5 nitrogen and oxygen atoms in total. The van der Waals surface area contributed by atoms with Crippen molar-refractivity contribution in [2.45, 2.75) is 13.5 Å². The summed E-state index contributed by atoms with van der Waals surface area (Å²) in [5.74, 6) is 0.961. The Bertz CT molecular complexity index is 1260. The fourth-order valence-electron chi connectivity index (χ4n) is 3.15. The van der Waals surface area contributed by atoms with E-state index in [1.54, 1.807) is 13.2 Å². The highest BCUT2D eigenvalue weighted by atomic mass is 79.9. The van der Waals surface area contributed by atoms with Crippen LogP contribution >= 0.6 is 39.3 Å². The number of hydrogen-bond donors (Lipinski definition) is 1. The molecule has 8 heteroatoms. The molecular weight excluding hydrogens is 524 g/mol. The molecule has 0 aromatic heterocycles.